The summed E-state index contributed by atoms with van der Waals surface area (Å²) < 4.78 is 0. The maximum Gasteiger partial charge on any atom is -0.0443 e. The Labute approximate surface area is 168 Å². The lowest BCUT2D eigenvalue weighted by molar-refractivity contribution is 0.365. The lowest BCUT2D eigenvalue weighted by atomic mass is 9.89. The fraction of sp³-hybridized carbons (Fsp3) is 1.00. The molecule has 0 rings (SSSR count). The highest BCUT2D eigenvalue weighted by Gasteiger charge is 2.09. The summed E-state index contributed by atoms with van der Waals surface area (Å²) in [6, 6.07) is 0. The Bertz CT molecular complexity index is 280. The normalized spacial score (nSPS) is 16.6. The minimum absolute atomic E-state index is 0.879. The number of rotatable bonds is 18. The largest absolute Gasteiger partial charge is 0.0654 e. The van der Waals surface area contributed by atoms with Gasteiger partial charge in [-0.15, -0.1) is 0 Å². The van der Waals surface area contributed by atoms with Crippen molar-refractivity contribution < 1.29 is 0 Å². The maximum absolute atomic E-state index is 2.49. The van der Waals surface area contributed by atoms with Crippen LogP contribution in [0.5, 0.6) is 0 Å². The van der Waals surface area contributed by atoms with Gasteiger partial charge in [-0.1, -0.05) is 138 Å². The van der Waals surface area contributed by atoms with Crippen LogP contribution in [0.2, 0.25) is 0 Å². The van der Waals surface area contributed by atoms with Gasteiger partial charge in [-0.25, -0.2) is 0 Å². The van der Waals surface area contributed by atoms with Gasteiger partial charge in [0.15, 0.2) is 0 Å². The van der Waals surface area contributed by atoms with Crippen LogP contribution in [0.1, 0.15) is 138 Å². The first-order chi connectivity index (χ1) is 12.3. The van der Waals surface area contributed by atoms with Crippen molar-refractivity contribution in [3.63, 3.8) is 0 Å². The van der Waals surface area contributed by atoms with E-state index in [4.69, 9.17) is 0 Å². The van der Waals surface area contributed by atoms with Gasteiger partial charge >= 0.3 is 0 Å². The first-order valence-electron chi connectivity index (χ1n) is 12.3. The second-order valence-corrected chi connectivity index (χ2v) is 10.3. The van der Waals surface area contributed by atoms with Crippen molar-refractivity contribution in [3.8, 4) is 0 Å². The predicted octanol–water partition coefficient (Wildman–Crippen LogP) is 9.67. The van der Waals surface area contributed by atoms with Crippen molar-refractivity contribution in [2.75, 3.05) is 0 Å². The van der Waals surface area contributed by atoms with Gasteiger partial charge in [-0.2, -0.15) is 0 Å². The summed E-state index contributed by atoms with van der Waals surface area (Å²) in [6.45, 7) is 16.9. The minimum Gasteiger partial charge on any atom is -0.0654 e. The standard InChI is InChI=1S/C26H54/c1-8-13-23(4)16-10-17-25(6)20-12-21-26(7)19-11-18-24(5)15-9-14-22(2)3/h22-26H,8-21H2,1-7H3. The molecule has 0 saturated heterocycles. The van der Waals surface area contributed by atoms with Crippen molar-refractivity contribution >= 4 is 0 Å². The Morgan fingerprint density at radius 1 is 0.385 bits per heavy atom. The summed E-state index contributed by atoms with van der Waals surface area (Å²) in [5, 5.41) is 0. The SMILES string of the molecule is CCCC(C)CCCC(C)CCCC(C)CCCC(C)CCCC(C)C. The first-order valence-corrected chi connectivity index (χ1v) is 12.3. The summed E-state index contributed by atoms with van der Waals surface area (Å²) >= 11 is 0. The second kappa shape index (κ2) is 17.1. The molecule has 0 radical (unpaired) electrons. The highest BCUT2D eigenvalue weighted by Crippen LogP contribution is 2.24. The summed E-state index contributed by atoms with van der Waals surface area (Å²) in [4.78, 5) is 0. The summed E-state index contributed by atoms with van der Waals surface area (Å²) in [5.74, 6) is 4.65. The average molecular weight is 367 g/mol. The molecule has 0 aromatic carbocycles. The Morgan fingerprint density at radius 3 is 0.923 bits per heavy atom. The molecule has 0 aromatic heterocycles. The van der Waals surface area contributed by atoms with E-state index in [2.05, 4.69) is 48.5 Å². The minimum atomic E-state index is 0.879. The Morgan fingerprint density at radius 2 is 0.654 bits per heavy atom. The van der Waals surface area contributed by atoms with Crippen LogP contribution in [0.15, 0.2) is 0 Å². The van der Waals surface area contributed by atoms with Crippen molar-refractivity contribution in [3.05, 3.63) is 0 Å². The third-order valence-corrected chi connectivity index (χ3v) is 6.44. The maximum atomic E-state index is 2.49. The topological polar surface area (TPSA) is 0 Å². The number of hydrogen-bond donors (Lipinski definition) is 0. The fourth-order valence-electron chi connectivity index (χ4n) is 4.39. The third-order valence-electron chi connectivity index (χ3n) is 6.44. The lowest BCUT2D eigenvalue weighted by Crippen LogP contribution is -2.02. The predicted molar refractivity (Wildman–Crippen MR) is 122 cm³/mol. The smallest absolute Gasteiger partial charge is 0.0443 e. The molecule has 0 N–H and O–H groups in total. The molecule has 0 saturated carbocycles. The molecule has 0 bridgehead atoms. The molecule has 0 heterocycles. The quantitative estimate of drug-likeness (QED) is 0.226. The van der Waals surface area contributed by atoms with Gasteiger partial charge in [0.1, 0.15) is 0 Å². The molecule has 158 valence electrons. The van der Waals surface area contributed by atoms with E-state index >= 15 is 0 Å². The summed E-state index contributed by atoms with van der Waals surface area (Å²) in [5.41, 5.74) is 0. The third kappa shape index (κ3) is 17.4. The van der Waals surface area contributed by atoms with Crippen LogP contribution in [0.25, 0.3) is 0 Å². The molecular weight excluding hydrogens is 312 g/mol. The van der Waals surface area contributed by atoms with Crippen LogP contribution < -0.4 is 0 Å². The number of hydrogen-bond acceptors (Lipinski definition) is 0. The van der Waals surface area contributed by atoms with Gasteiger partial charge in [0.2, 0.25) is 0 Å². The zero-order valence-corrected chi connectivity index (χ0v) is 19.8. The Balaban J connectivity index is 3.53. The van der Waals surface area contributed by atoms with Crippen molar-refractivity contribution in [2.24, 2.45) is 29.6 Å². The van der Waals surface area contributed by atoms with Gasteiger partial charge in [-0.05, 0) is 29.6 Å². The van der Waals surface area contributed by atoms with Crippen molar-refractivity contribution in [1.82, 2.24) is 0 Å². The molecule has 0 aliphatic carbocycles. The van der Waals surface area contributed by atoms with Crippen molar-refractivity contribution in [1.29, 1.82) is 0 Å². The van der Waals surface area contributed by atoms with E-state index in [9.17, 15) is 0 Å². The van der Waals surface area contributed by atoms with Crippen molar-refractivity contribution in [2.45, 2.75) is 138 Å². The Hall–Kier alpha value is 0. The molecule has 4 unspecified atom stereocenters. The Kier molecular flexibility index (Phi) is 17.1. The molecule has 0 aliphatic heterocycles. The summed E-state index contributed by atoms with van der Waals surface area (Å²) in [6.07, 6.45) is 20.1. The van der Waals surface area contributed by atoms with Crippen LogP contribution in [0.3, 0.4) is 0 Å². The van der Waals surface area contributed by atoms with Crippen LogP contribution >= 0.6 is 0 Å². The van der Waals surface area contributed by atoms with E-state index in [0.29, 0.717) is 0 Å². The van der Waals surface area contributed by atoms with E-state index in [0.717, 1.165) is 29.6 Å². The zero-order chi connectivity index (χ0) is 19.8. The van der Waals surface area contributed by atoms with Gasteiger partial charge in [0.05, 0.1) is 0 Å². The van der Waals surface area contributed by atoms with E-state index < -0.39 is 0 Å². The zero-order valence-electron chi connectivity index (χ0n) is 19.8. The molecule has 0 heteroatoms. The van der Waals surface area contributed by atoms with E-state index in [1.54, 1.807) is 0 Å². The van der Waals surface area contributed by atoms with E-state index in [-0.39, 0.29) is 0 Å². The van der Waals surface area contributed by atoms with Crippen LogP contribution in [-0.2, 0) is 0 Å². The van der Waals surface area contributed by atoms with Gasteiger partial charge < -0.3 is 0 Å². The molecule has 0 fully saturated rings. The highest BCUT2D eigenvalue weighted by atomic mass is 14.1. The van der Waals surface area contributed by atoms with Crippen LogP contribution in [0.4, 0.5) is 0 Å². The molecule has 0 spiro atoms. The van der Waals surface area contributed by atoms with E-state index in [1.807, 2.05) is 0 Å². The molecule has 26 heavy (non-hydrogen) atoms. The van der Waals surface area contributed by atoms with Gasteiger partial charge in [-0.3, -0.25) is 0 Å². The second-order valence-electron chi connectivity index (χ2n) is 10.3. The fourth-order valence-corrected chi connectivity index (χ4v) is 4.39. The van der Waals surface area contributed by atoms with Crippen LogP contribution in [0, 0.1) is 29.6 Å². The van der Waals surface area contributed by atoms with Gasteiger partial charge in [0.25, 0.3) is 0 Å². The molecule has 0 nitrogen and oxygen atoms in total. The first kappa shape index (κ1) is 26.0. The molecule has 0 aromatic rings. The molecule has 4 atom stereocenters. The molecule has 0 amide bonds. The highest BCUT2D eigenvalue weighted by molar-refractivity contribution is 4.62. The molecule has 0 aliphatic rings. The summed E-state index contributed by atoms with van der Waals surface area (Å²) in [7, 11) is 0. The van der Waals surface area contributed by atoms with Crippen LogP contribution in [-0.4, -0.2) is 0 Å². The lowest BCUT2D eigenvalue weighted by Gasteiger charge is -2.17. The van der Waals surface area contributed by atoms with Gasteiger partial charge in [0, 0.05) is 0 Å². The average Bonchev–Trinajstić information content (AvgIpc) is 2.54. The van der Waals surface area contributed by atoms with E-state index in [1.165, 1.54) is 89.9 Å². The molecular formula is C26H54. The monoisotopic (exact) mass is 366 g/mol.